The van der Waals surface area contributed by atoms with Gasteiger partial charge in [0.25, 0.3) is 0 Å². The molecule has 1 atom stereocenters. The van der Waals surface area contributed by atoms with E-state index in [2.05, 4.69) is 10.3 Å². The van der Waals surface area contributed by atoms with Crippen molar-refractivity contribution < 1.29 is 22.3 Å². The Hall–Kier alpha value is -1.41. The number of aromatic nitrogens is 1. The summed E-state index contributed by atoms with van der Waals surface area (Å²) in [6.07, 6.45) is 0.323. The number of pyridine rings is 1. The van der Waals surface area contributed by atoms with Gasteiger partial charge in [-0.3, -0.25) is 4.79 Å². The average molecular weight is 276 g/mol. The van der Waals surface area contributed by atoms with Crippen LogP contribution in [0.2, 0.25) is 0 Å². The van der Waals surface area contributed by atoms with Gasteiger partial charge in [-0.2, -0.15) is 0 Å². The molecular weight excluding hydrogens is 266 g/mol. The molecule has 5 nitrogen and oxygen atoms in total. The van der Waals surface area contributed by atoms with Crippen molar-refractivity contribution in [1.29, 1.82) is 0 Å². The van der Waals surface area contributed by atoms with Gasteiger partial charge < -0.3 is 9.87 Å². The molecule has 0 radical (unpaired) electrons. The Labute approximate surface area is 104 Å². The van der Waals surface area contributed by atoms with Crippen molar-refractivity contribution >= 4 is 22.7 Å². The molecule has 1 aromatic rings. The monoisotopic (exact) mass is 276 g/mol. The minimum Gasteiger partial charge on any atom is -0.323 e. The molecule has 1 aliphatic rings. The fourth-order valence-electron chi connectivity index (χ4n) is 1.71. The van der Waals surface area contributed by atoms with E-state index in [0.29, 0.717) is 0 Å². The topological polar surface area (TPSA) is 79.3 Å². The number of alkyl halides is 2. The Morgan fingerprint density at radius 3 is 2.78 bits per heavy atom. The summed E-state index contributed by atoms with van der Waals surface area (Å²) in [4.78, 5) is 15.3. The first-order chi connectivity index (χ1) is 8.39. The molecule has 2 N–H and O–H groups in total. The number of amides is 1. The molecule has 98 valence electrons. The van der Waals surface area contributed by atoms with Crippen molar-refractivity contribution in [3.05, 3.63) is 18.3 Å². The molecule has 18 heavy (non-hydrogen) atoms. The maximum absolute atomic E-state index is 12.6. The SMILES string of the molecule is O=C(Nc1cccnc1S(=O)O)C1CC(F)(F)C1. The van der Waals surface area contributed by atoms with Crippen molar-refractivity contribution in [3.63, 3.8) is 0 Å². The Morgan fingerprint density at radius 2 is 2.22 bits per heavy atom. The molecule has 8 heteroatoms. The first-order valence-electron chi connectivity index (χ1n) is 5.13. The second-order valence-corrected chi connectivity index (χ2v) is 4.94. The van der Waals surface area contributed by atoms with Crippen molar-refractivity contribution in [2.45, 2.75) is 23.8 Å². The average Bonchev–Trinajstić information content (AvgIpc) is 2.26. The molecular formula is C10H10F2N2O3S. The Bertz CT molecular complexity index is 502. The molecule has 1 amide bonds. The Morgan fingerprint density at radius 1 is 1.56 bits per heavy atom. The van der Waals surface area contributed by atoms with Crippen LogP contribution in [0.25, 0.3) is 0 Å². The standard InChI is InChI=1S/C10H10F2N2O3S/c11-10(12)4-6(5-10)8(15)14-7-2-1-3-13-9(7)18(16)17/h1-3,6H,4-5H2,(H,14,15)(H,16,17). The fraction of sp³-hybridized carbons (Fsp3) is 0.400. The lowest BCUT2D eigenvalue weighted by Gasteiger charge is -2.33. The van der Waals surface area contributed by atoms with Gasteiger partial charge in [0, 0.05) is 25.0 Å². The van der Waals surface area contributed by atoms with Crippen LogP contribution in [0, 0.1) is 5.92 Å². The lowest BCUT2D eigenvalue weighted by Crippen LogP contribution is -2.42. The largest absolute Gasteiger partial charge is 0.323 e. The van der Waals surface area contributed by atoms with Crippen LogP contribution in [0.5, 0.6) is 0 Å². The van der Waals surface area contributed by atoms with Crippen LogP contribution in [0.1, 0.15) is 12.8 Å². The molecule has 1 unspecified atom stereocenters. The molecule has 2 rings (SSSR count). The van der Waals surface area contributed by atoms with E-state index in [-0.39, 0.29) is 10.7 Å². The lowest BCUT2D eigenvalue weighted by atomic mass is 9.81. The Kier molecular flexibility index (Phi) is 3.40. The normalized spacial score (nSPS) is 19.9. The van der Waals surface area contributed by atoms with Gasteiger partial charge in [-0.1, -0.05) is 0 Å². The van der Waals surface area contributed by atoms with Gasteiger partial charge in [-0.05, 0) is 12.1 Å². The zero-order valence-corrected chi connectivity index (χ0v) is 9.92. The maximum Gasteiger partial charge on any atom is 0.249 e. The summed E-state index contributed by atoms with van der Waals surface area (Å²) < 4.78 is 45.1. The molecule has 1 aromatic heterocycles. The van der Waals surface area contributed by atoms with Crippen molar-refractivity contribution in [2.24, 2.45) is 5.92 Å². The predicted octanol–water partition coefficient (Wildman–Crippen LogP) is 1.65. The first kappa shape index (κ1) is 13.0. The van der Waals surface area contributed by atoms with Crippen LogP contribution in [0.3, 0.4) is 0 Å². The molecule has 0 bridgehead atoms. The van der Waals surface area contributed by atoms with Crippen LogP contribution in [0.4, 0.5) is 14.5 Å². The third-order valence-corrected chi connectivity index (χ3v) is 3.31. The van der Waals surface area contributed by atoms with Gasteiger partial charge in [-0.15, -0.1) is 0 Å². The molecule has 1 heterocycles. The number of carbonyl (C=O) groups excluding carboxylic acids is 1. The third-order valence-electron chi connectivity index (χ3n) is 2.66. The van der Waals surface area contributed by atoms with Crippen LogP contribution in [-0.4, -0.2) is 25.6 Å². The van der Waals surface area contributed by atoms with Crippen molar-refractivity contribution in [2.75, 3.05) is 5.32 Å². The number of carbonyl (C=O) groups is 1. The van der Waals surface area contributed by atoms with Gasteiger partial charge >= 0.3 is 0 Å². The van der Waals surface area contributed by atoms with Crippen molar-refractivity contribution in [3.8, 4) is 0 Å². The van der Waals surface area contributed by atoms with Crippen molar-refractivity contribution in [1.82, 2.24) is 4.98 Å². The van der Waals surface area contributed by atoms with Crippen LogP contribution < -0.4 is 5.32 Å². The molecule has 1 fully saturated rings. The number of nitrogens with zero attached hydrogens (tertiary/aromatic N) is 1. The Balaban J connectivity index is 2.06. The van der Waals surface area contributed by atoms with Crippen LogP contribution in [-0.2, 0) is 15.9 Å². The fourth-order valence-corrected chi connectivity index (χ4v) is 2.16. The van der Waals surface area contributed by atoms with E-state index in [1.54, 1.807) is 0 Å². The molecule has 0 aromatic carbocycles. The van der Waals surface area contributed by atoms with E-state index in [4.69, 9.17) is 4.55 Å². The number of nitrogens with one attached hydrogen (secondary N) is 1. The summed E-state index contributed by atoms with van der Waals surface area (Å²) in [5.74, 6) is -4.12. The highest BCUT2D eigenvalue weighted by atomic mass is 32.2. The van der Waals surface area contributed by atoms with E-state index >= 15 is 0 Å². The summed E-state index contributed by atoms with van der Waals surface area (Å²) in [5, 5.41) is 2.15. The van der Waals surface area contributed by atoms with Crippen LogP contribution >= 0.6 is 0 Å². The predicted molar refractivity (Wildman–Crippen MR) is 59.6 cm³/mol. The van der Waals surface area contributed by atoms with Gasteiger partial charge in [0.2, 0.25) is 22.9 Å². The summed E-state index contributed by atoms with van der Waals surface area (Å²) in [6, 6.07) is 2.87. The summed E-state index contributed by atoms with van der Waals surface area (Å²) in [7, 11) is 0. The van der Waals surface area contributed by atoms with Gasteiger partial charge in [-0.25, -0.2) is 18.0 Å². The second kappa shape index (κ2) is 4.69. The smallest absolute Gasteiger partial charge is 0.249 e. The van der Waals surface area contributed by atoms with E-state index in [1.807, 2.05) is 0 Å². The first-order valence-corrected chi connectivity index (χ1v) is 6.24. The minimum atomic E-state index is -2.78. The highest BCUT2D eigenvalue weighted by molar-refractivity contribution is 7.79. The van der Waals surface area contributed by atoms with E-state index in [9.17, 15) is 17.8 Å². The number of halogens is 2. The number of hydrogen-bond donors (Lipinski definition) is 2. The summed E-state index contributed by atoms with van der Waals surface area (Å²) in [6.45, 7) is 0. The summed E-state index contributed by atoms with van der Waals surface area (Å²) >= 11 is -2.34. The van der Waals surface area contributed by atoms with Crippen LogP contribution in [0.15, 0.2) is 23.4 Å². The highest BCUT2D eigenvalue weighted by Gasteiger charge is 2.48. The van der Waals surface area contributed by atoms with Gasteiger partial charge in [0.15, 0.2) is 5.03 Å². The van der Waals surface area contributed by atoms with E-state index in [1.165, 1.54) is 18.3 Å². The quantitative estimate of drug-likeness (QED) is 0.823. The second-order valence-electron chi connectivity index (χ2n) is 4.06. The lowest BCUT2D eigenvalue weighted by molar-refractivity contribution is -0.145. The molecule has 0 aliphatic heterocycles. The maximum atomic E-state index is 12.6. The number of rotatable bonds is 3. The molecule has 1 aliphatic carbocycles. The minimum absolute atomic E-state index is 0.0681. The molecule has 0 spiro atoms. The van der Waals surface area contributed by atoms with Gasteiger partial charge in [0.1, 0.15) is 0 Å². The summed E-state index contributed by atoms with van der Waals surface area (Å²) in [5.41, 5.74) is 0.0681. The number of hydrogen-bond acceptors (Lipinski definition) is 3. The van der Waals surface area contributed by atoms with Gasteiger partial charge in [0.05, 0.1) is 5.69 Å². The molecule has 0 saturated heterocycles. The molecule has 1 saturated carbocycles. The zero-order chi connectivity index (χ0) is 13.3. The number of anilines is 1. The van der Waals surface area contributed by atoms with E-state index < -0.39 is 41.7 Å². The zero-order valence-electron chi connectivity index (χ0n) is 9.10. The third kappa shape index (κ3) is 2.70. The van der Waals surface area contributed by atoms with E-state index in [0.717, 1.165) is 0 Å². The highest BCUT2D eigenvalue weighted by Crippen LogP contribution is 2.42.